The fourth-order valence-corrected chi connectivity index (χ4v) is 4.98. The Bertz CT molecular complexity index is 1350. The first-order valence-electron chi connectivity index (χ1n) is 10.00. The van der Waals surface area contributed by atoms with Crippen molar-refractivity contribution in [3.05, 3.63) is 82.1 Å². The number of sulfonamides is 1. The fraction of sp³-hybridized carbons (Fsp3) is 0.130. The minimum Gasteiger partial charge on any atom is -0.454 e. The predicted octanol–water partition coefficient (Wildman–Crippen LogP) is 3.97. The summed E-state index contributed by atoms with van der Waals surface area (Å²) >= 11 is 3.40. The second-order valence-electron chi connectivity index (χ2n) is 7.32. The summed E-state index contributed by atoms with van der Waals surface area (Å²) in [4.78, 5) is 12.5. The average molecular weight is 548 g/mol. The molecule has 1 amide bonds. The van der Waals surface area contributed by atoms with Crippen LogP contribution < -0.4 is 19.2 Å². The number of carbonyl (C=O) groups excluding carboxylic acids is 1. The number of anilines is 1. The first-order valence-corrected chi connectivity index (χ1v) is 12.2. The highest BCUT2D eigenvalue weighted by Crippen LogP contribution is 2.36. The number of hydrazone groups is 1. The van der Waals surface area contributed by atoms with Crippen molar-refractivity contribution in [3.8, 4) is 11.5 Å². The van der Waals surface area contributed by atoms with Crippen LogP contribution in [0.15, 0.2) is 75.1 Å². The second kappa shape index (κ2) is 9.82. The summed E-state index contributed by atoms with van der Waals surface area (Å²) in [6.45, 7) is 1.44. The lowest BCUT2D eigenvalue weighted by atomic mass is 10.2. The van der Waals surface area contributed by atoms with Gasteiger partial charge in [0.05, 0.1) is 16.8 Å². The maximum Gasteiger partial charge on any atom is 0.264 e. The van der Waals surface area contributed by atoms with E-state index < -0.39 is 28.3 Å². The lowest BCUT2D eigenvalue weighted by Crippen LogP contribution is -2.39. The molecule has 34 heavy (non-hydrogen) atoms. The zero-order valence-electron chi connectivity index (χ0n) is 17.9. The Hall–Kier alpha value is -3.44. The van der Waals surface area contributed by atoms with Gasteiger partial charge in [-0.3, -0.25) is 9.10 Å². The summed E-state index contributed by atoms with van der Waals surface area (Å²) in [5.41, 5.74) is 4.17. The van der Waals surface area contributed by atoms with Gasteiger partial charge in [-0.15, -0.1) is 0 Å². The van der Waals surface area contributed by atoms with Crippen molar-refractivity contribution >= 4 is 43.8 Å². The smallest absolute Gasteiger partial charge is 0.264 e. The molecule has 3 aromatic carbocycles. The molecule has 0 fully saturated rings. The van der Waals surface area contributed by atoms with Gasteiger partial charge in [0.25, 0.3) is 15.9 Å². The molecule has 1 N–H and O–H groups in total. The van der Waals surface area contributed by atoms with Crippen molar-refractivity contribution < 1.29 is 27.1 Å². The molecule has 1 aliphatic rings. The third-order valence-corrected chi connectivity index (χ3v) is 7.37. The number of hydrogen-bond acceptors (Lipinski definition) is 6. The molecule has 11 heteroatoms. The Kier molecular flexibility index (Phi) is 6.85. The Morgan fingerprint density at radius 1 is 1.12 bits per heavy atom. The molecular formula is C23H19BrFN3O5S. The fourth-order valence-electron chi connectivity index (χ4n) is 3.13. The Morgan fingerprint density at radius 2 is 1.76 bits per heavy atom. The van der Waals surface area contributed by atoms with Crippen LogP contribution in [0.1, 0.15) is 11.1 Å². The first kappa shape index (κ1) is 23.7. The zero-order valence-corrected chi connectivity index (χ0v) is 20.3. The highest BCUT2D eigenvalue weighted by molar-refractivity contribution is 9.10. The molecule has 1 heterocycles. The number of carbonyl (C=O) groups is 1. The van der Waals surface area contributed by atoms with Crippen molar-refractivity contribution in [1.82, 2.24) is 5.43 Å². The Morgan fingerprint density at radius 3 is 2.44 bits per heavy atom. The molecule has 176 valence electrons. The van der Waals surface area contributed by atoms with Crippen LogP contribution in [-0.2, 0) is 14.8 Å². The van der Waals surface area contributed by atoms with E-state index in [1.54, 1.807) is 36.4 Å². The third-order valence-electron chi connectivity index (χ3n) is 4.90. The minimum absolute atomic E-state index is 0.122. The quantitative estimate of drug-likeness (QED) is 0.356. The van der Waals surface area contributed by atoms with Crippen LogP contribution in [0.5, 0.6) is 11.5 Å². The van der Waals surface area contributed by atoms with Gasteiger partial charge in [0, 0.05) is 10.0 Å². The van der Waals surface area contributed by atoms with Crippen LogP contribution in [0, 0.1) is 12.7 Å². The van der Waals surface area contributed by atoms with Crippen molar-refractivity contribution in [2.24, 2.45) is 5.10 Å². The number of halogens is 2. The van der Waals surface area contributed by atoms with Gasteiger partial charge in [0.2, 0.25) is 6.79 Å². The van der Waals surface area contributed by atoms with Gasteiger partial charge in [-0.2, -0.15) is 5.10 Å². The summed E-state index contributed by atoms with van der Waals surface area (Å²) in [6, 6.07) is 14.5. The number of rotatable bonds is 7. The van der Waals surface area contributed by atoms with Gasteiger partial charge in [-0.1, -0.05) is 17.7 Å². The van der Waals surface area contributed by atoms with E-state index in [9.17, 15) is 17.6 Å². The number of hydrogen-bond donors (Lipinski definition) is 1. The van der Waals surface area contributed by atoms with Gasteiger partial charge in [0.15, 0.2) is 11.5 Å². The van der Waals surface area contributed by atoms with Crippen molar-refractivity contribution in [2.75, 3.05) is 17.6 Å². The van der Waals surface area contributed by atoms with Gasteiger partial charge >= 0.3 is 0 Å². The van der Waals surface area contributed by atoms with E-state index in [1.807, 2.05) is 6.92 Å². The number of benzene rings is 3. The zero-order chi connectivity index (χ0) is 24.3. The number of amides is 1. The van der Waals surface area contributed by atoms with E-state index in [0.717, 1.165) is 34.1 Å². The van der Waals surface area contributed by atoms with Crippen LogP contribution in [0.2, 0.25) is 0 Å². The Labute approximate surface area is 204 Å². The van der Waals surface area contributed by atoms with Crippen LogP contribution in [-0.4, -0.2) is 33.9 Å². The van der Waals surface area contributed by atoms with E-state index in [4.69, 9.17) is 9.47 Å². The molecule has 0 atom stereocenters. The normalized spacial score (nSPS) is 12.7. The number of nitrogens with one attached hydrogen (secondary N) is 1. The molecule has 1 aliphatic heterocycles. The maximum absolute atomic E-state index is 13.3. The largest absolute Gasteiger partial charge is 0.454 e. The van der Waals surface area contributed by atoms with E-state index >= 15 is 0 Å². The highest BCUT2D eigenvalue weighted by atomic mass is 79.9. The monoisotopic (exact) mass is 547 g/mol. The van der Waals surface area contributed by atoms with Gasteiger partial charge in [-0.05, 0) is 71.4 Å². The Balaban J connectivity index is 1.54. The lowest BCUT2D eigenvalue weighted by molar-refractivity contribution is -0.119. The molecule has 0 bridgehead atoms. The summed E-state index contributed by atoms with van der Waals surface area (Å²) < 4.78 is 52.1. The van der Waals surface area contributed by atoms with E-state index in [-0.39, 0.29) is 17.4 Å². The van der Waals surface area contributed by atoms with E-state index in [0.29, 0.717) is 21.5 Å². The summed E-state index contributed by atoms with van der Waals surface area (Å²) in [5, 5.41) is 3.93. The molecular weight excluding hydrogens is 529 g/mol. The number of ether oxygens (including phenoxy) is 2. The van der Waals surface area contributed by atoms with Crippen LogP contribution >= 0.6 is 15.9 Å². The minimum atomic E-state index is -4.15. The molecule has 0 aliphatic carbocycles. The second-order valence-corrected chi connectivity index (χ2v) is 10.0. The average Bonchev–Trinajstić information content (AvgIpc) is 3.25. The van der Waals surface area contributed by atoms with Crippen LogP contribution in [0.3, 0.4) is 0 Å². The first-order chi connectivity index (χ1) is 16.2. The molecule has 0 spiro atoms. The van der Waals surface area contributed by atoms with Crippen molar-refractivity contribution in [1.29, 1.82) is 0 Å². The number of aryl methyl sites for hydroxylation is 1. The lowest BCUT2D eigenvalue weighted by Gasteiger charge is -2.23. The van der Waals surface area contributed by atoms with Crippen LogP contribution in [0.25, 0.3) is 0 Å². The van der Waals surface area contributed by atoms with Gasteiger partial charge in [-0.25, -0.2) is 18.2 Å². The molecule has 8 nitrogen and oxygen atoms in total. The topological polar surface area (TPSA) is 97.3 Å². The number of fused-ring (bicyclic) bond motifs is 1. The van der Waals surface area contributed by atoms with Gasteiger partial charge < -0.3 is 9.47 Å². The van der Waals surface area contributed by atoms with Crippen LogP contribution in [0.4, 0.5) is 10.1 Å². The highest BCUT2D eigenvalue weighted by Gasteiger charge is 2.27. The van der Waals surface area contributed by atoms with Crippen molar-refractivity contribution in [2.45, 2.75) is 11.8 Å². The predicted molar refractivity (Wildman–Crippen MR) is 128 cm³/mol. The SMILES string of the molecule is Cc1ccc(N(CC(=O)N/N=C\c2cc3c(cc2Br)OCO3)S(=O)(=O)c2ccc(F)cc2)cc1. The van der Waals surface area contributed by atoms with Crippen molar-refractivity contribution in [3.63, 3.8) is 0 Å². The summed E-state index contributed by atoms with van der Waals surface area (Å²) in [6.07, 6.45) is 1.40. The van der Waals surface area contributed by atoms with Gasteiger partial charge in [0.1, 0.15) is 12.4 Å². The number of nitrogens with zero attached hydrogens (tertiary/aromatic N) is 2. The van der Waals surface area contributed by atoms with E-state index in [2.05, 4.69) is 26.5 Å². The maximum atomic E-state index is 13.3. The molecule has 0 saturated heterocycles. The molecule has 0 radical (unpaired) electrons. The standard InChI is InChI=1S/C23H19BrFN3O5S/c1-15-2-6-18(7-3-15)28(34(30,31)19-8-4-17(25)5-9-19)13-23(29)27-26-12-16-10-21-22(11-20(16)24)33-14-32-21/h2-12H,13-14H2,1H3,(H,27,29)/b26-12-. The third kappa shape index (κ3) is 5.20. The molecule has 0 saturated carbocycles. The summed E-state index contributed by atoms with van der Waals surface area (Å²) in [5.74, 6) is -0.0957. The molecule has 0 unspecified atom stereocenters. The van der Waals surface area contributed by atoms with E-state index in [1.165, 1.54) is 6.21 Å². The molecule has 3 aromatic rings. The molecule has 0 aromatic heterocycles. The summed E-state index contributed by atoms with van der Waals surface area (Å²) in [7, 11) is -4.15. The molecule has 4 rings (SSSR count).